The Kier molecular flexibility index (Phi) is 4.75. The number of aryl methyl sites for hydroxylation is 1. The van der Waals surface area contributed by atoms with E-state index >= 15 is 0 Å². The van der Waals surface area contributed by atoms with Crippen molar-refractivity contribution in [2.24, 2.45) is 0 Å². The number of carbonyl (C=O) groups is 1. The molecule has 3 rings (SSSR count). The van der Waals surface area contributed by atoms with Crippen LogP contribution in [0, 0.1) is 10.5 Å². The zero-order valence-corrected chi connectivity index (χ0v) is 15.0. The molecule has 0 spiro atoms. The van der Waals surface area contributed by atoms with Gasteiger partial charge in [0.25, 0.3) is 5.91 Å². The van der Waals surface area contributed by atoms with Crippen LogP contribution in [-0.2, 0) is 0 Å². The molecule has 0 aliphatic carbocycles. The van der Waals surface area contributed by atoms with Crippen molar-refractivity contribution in [3.8, 4) is 5.69 Å². The Morgan fingerprint density at radius 3 is 2.42 bits per heavy atom. The molecule has 0 saturated carbocycles. The van der Waals surface area contributed by atoms with Crippen LogP contribution in [0.25, 0.3) is 5.69 Å². The van der Waals surface area contributed by atoms with Gasteiger partial charge in [-0.25, -0.2) is 4.68 Å². The molecule has 0 saturated heterocycles. The Morgan fingerprint density at radius 2 is 1.75 bits per heavy atom. The summed E-state index contributed by atoms with van der Waals surface area (Å²) >= 11 is 2.18. The first-order chi connectivity index (χ1) is 11.5. The predicted octanol–water partition coefficient (Wildman–Crippen LogP) is 3.40. The second-order valence-electron chi connectivity index (χ2n) is 5.21. The van der Waals surface area contributed by atoms with Gasteiger partial charge in [-0.15, -0.1) is 0 Å². The summed E-state index contributed by atoms with van der Waals surface area (Å²) in [6, 6.07) is 18.1. The van der Waals surface area contributed by atoms with E-state index in [-0.39, 0.29) is 5.69 Å². The van der Waals surface area contributed by atoms with E-state index in [1.54, 1.807) is 23.7 Å². The zero-order chi connectivity index (χ0) is 17.1. The number of carbonyl (C=O) groups excluding carboxylic acids is 1. The molecule has 120 valence electrons. The average molecular weight is 431 g/mol. The maximum atomic E-state index is 12.4. The number of aromatic nitrogens is 2. The minimum absolute atomic E-state index is 0.136. The molecule has 1 aromatic heterocycles. The van der Waals surface area contributed by atoms with Crippen LogP contribution in [0.5, 0.6) is 0 Å². The van der Waals surface area contributed by atoms with Crippen molar-refractivity contribution < 1.29 is 4.79 Å². The smallest absolute Gasteiger partial charge is 0.280 e. The van der Waals surface area contributed by atoms with Gasteiger partial charge in [0.05, 0.1) is 5.69 Å². The lowest BCUT2D eigenvalue weighted by Crippen LogP contribution is -2.26. The summed E-state index contributed by atoms with van der Waals surface area (Å²) in [5.74, 6) is -0.522. The van der Waals surface area contributed by atoms with Gasteiger partial charge in [-0.1, -0.05) is 18.2 Å². The first kappa shape index (κ1) is 16.4. The number of rotatable bonds is 3. The molecule has 0 fully saturated rings. The summed E-state index contributed by atoms with van der Waals surface area (Å²) in [5, 5.41) is 6.95. The van der Waals surface area contributed by atoms with Crippen LogP contribution >= 0.6 is 22.6 Å². The number of hydrogen-bond donors (Lipinski definition) is 1. The summed E-state index contributed by atoms with van der Waals surface area (Å²) in [6.45, 7) is 1.78. The van der Waals surface area contributed by atoms with Gasteiger partial charge >= 0.3 is 0 Å². The summed E-state index contributed by atoms with van der Waals surface area (Å²) < 4.78 is 2.65. The van der Waals surface area contributed by atoms with Crippen molar-refractivity contribution in [1.82, 2.24) is 9.78 Å². The third-order valence-corrected chi connectivity index (χ3v) is 4.14. The Balaban J connectivity index is 1.97. The maximum Gasteiger partial charge on any atom is 0.280 e. The Hall–Kier alpha value is -2.48. The molecule has 0 atom stereocenters. The van der Waals surface area contributed by atoms with Crippen molar-refractivity contribution in [1.29, 1.82) is 0 Å². The first-order valence-electron chi connectivity index (χ1n) is 7.28. The lowest BCUT2D eigenvalue weighted by atomic mass is 10.2. The monoisotopic (exact) mass is 431 g/mol. The van der Waals surface area contributed by atoms with Crippen molar-refractivity contribution in [2.45, 2.75) is 6.92 Å². The van der Waals surface area contributed by atoms with Gasteiger partial charge in [0.2, 0.25) is 5.43 Å². The van der Waals surface area contributed by atoms with Gasteiger partial charge in [-0.05, 0) is 65.9 Å². The molecule has 0 aliphatic rings. The fraction of sp³-hybridized carbons (Fsp3) is 0.0556. The lowest BCUT2D eigenvalue weighted by molar-refractivity contribution is 0.101. The number of benzene rings is 2. The molecular formula is C18H14IN3O2. The molecule has 0 radical (unpaired) electrons. The topological polar surface area (TPSA) is 64.0 Å². The molecule has 3 aromatic rings. The molecule has 24 heavy (non-hydrogen) atoms. The van der Waals surface area contributed by atoms with Crippen molar-refractivity contribution >= 4 is 34.2 Å². The number of halogens is 1. The molecule has 6 heteroatoms. The number of anilines is 1. The molecule has 5 nitrogen and oxygen atoms in total. The second kappa shape index (κ2) is 6.96. The average Bonchev–Trinajstić information content (AvgIpc) is 2.58. The van der Waals surface area contributed by atoms with Crippen molar-refractivity contribution in [2.75, 3.05) is 5.32 Å². The summed E-state index contributed by atoms with van der Waals surface area (Å²) in [7, 11) is 0. The fourth-order valence-corrected chi connectivity index (χ4v) is 2.62. The molecule has 2 aromatic carbocycles. The number of amides is 1. The highest BCUT2D eigenvalue weighted by Crippen LogP contribution is 2.12. The number of nitrogens with one attached hydrogen (secondary N) is 1. The SMILES string of the molecule is Cc1cc(=O)c(C(=O)Nc2ccc(I)cc2)nn1-c1ccccc1. The van der Waals surface area contributed by atoms with Crippen LogP contribution in [0.4, 0.5) is 5.69 Å². The largest absolute Gasteiger partial charge is 0.320 e. The number of hydrogen-bond acceptors (Lipinski definition) is 3. The Labute approximate surface area is 152 Å². The quantitative estimate of drug-likeness (QED) is 0.647. The maximum absolute atomic E-state index is 12.4. The van der Waals surface area contributed by atoms with Crippen molar-refractivity contribution in [3.05, 3.63) is 85.8 Å². The molecule has 1 amide bonds. The van der Waals surface area contributed by atoms with E-state index in [1.807, 2.05) is 42.5 Å². The van der Waals surface area contributed by atoms with Crippen molar-refractivity contribution in [3.63, 3.8) is 0 Å². The lowest BCUT2D eigenvalue weighted by Gasteiger charge is -2.11. The van der Waals surface area contributed by atoms with Gasteiger partial charge in [0, 0.05) is 21.0 Å². The molecule has 1 heterocycles. The van der Waals surface area contributed by atoms with Gasteiger partial charge < -0.3 is 5.32 Å². The molecule has 0 unspecified atom stereocenters. The third kappa shape index (κ3) is 3.53. The van der Waals surface area contributed by atoms with Crippen LogP contribution in [-0.4, -0.2) is 15.7 Å². The minimum Gasteiger partial charge on any atom is -0.320 e. The van der Waals surface area contributed by atoms with Crippen LogP contribution < -0.4 is 10.7 Å². The van der Waals surface area contributed by atoms with Crippen LogP contribution in [0.3, 0.4) is 0 Å². The van der Waals surface area contributed by atoms with Gasteiger partial charge in [0.15, 0.2) is 5.69 Å². The Bertz CT molecular complexity index is 935. The highest BCUT2D eigenvalue weighted by Gasteiger charge is 2.15. The van der Waals surface area contributed by atoms with Gasteiger partial charge in [-0.3, -0.25) is 9.59 Å². The highest BCUT2D eigenvalue weighted by atomic mass is 127. The number of para-hydroxylation sites is 1. The highest BCUT2D eigenvalue weighted by molar-refractivity contribution is 14.1. The van der Waals surface area contributed by atoms with Crippen LogP contribution in [0.2, 0.25) is 0 Å². The van der Waals surface area contributed by atoms with E-state index in [0.29, 0.717) is 11.4 Å². The van der Waals surface area contributed by atoms with Crippen LogP contribution in [0.1, 0.15) is 16.2 Å². The summed E-state index contributed by atoms with van der Waals surface area (Å²) in [4.78, 5) is 24.6. The zero-order valence-electron chi connectivity index (χ0n) is 12.9. The standard InChI is InChI=1S/C18H14IN3O2/c1-12-11-16(23)17(21-22(12)15-5-3-2-4-6-15)18(24)20-14-9-7-13(19)8-10-14/h2-11H,1H3,(H,20,24). The third-order valence-electron chi connectivity index (χ3n) is 3.43. The number of nitrogens with zero attached hydrogens (tertiary/aromatic N) is 2. The first-order valence-corrected chi connectivity index (χ1v) is 8.36. The Morgan fingerprint density at radius 1 is 1.08 bits per heavy atom. The van der Waals surface area contributed by atoms with E-state index in [1.165, 1.54) is 6.07 Å². The minimum atomic E-state index is -0.522. The van der Waals surface area contributed by atoms with E-state index in [0.717, 1.165) is 9.26 Å². The van der Waals surface area contributed by atoms with E-state index in [2.05, 4.69) is 33.0 Å². The fourth-order valence-electron chi connectivity index (χ4n) is 2.26. The summed E-state index contributed by atoms with van der Waals surface area (Å²) in [6.07, 6.45) is 0. The summed E-state index contributed by atoms with van der Waals surface area (Å²) in [5.41, 5.74) is 1.54. The molecule has 1 N–H and O–H groups in total. The van der Waals surface area contributed by atoms with Crippen LogP contribution in [0.15, 0.2) is 65.5 Å². The van der Waals surface area contributed by atoms with E-state index in [9.17, 15) is 9.59 Å². The molecular weight excluding hydrogens is 417 g/mol. The van der Waals surface area contributed by atoms with E-state index < -0.39 is 11.3 Å². The normalized spacial score (nSPS) is 10.4. The molecule has 0 aliphatic heterocycles. The van der Waals surface area contributed by atoms with E-state index in [4.69, 9.17) is 0 Å². The van der Waals surface area contributed by atoms with Gasteiger partial charge in [-0.2, -0.15) is 5.10 Å². The second-order valence-corrected chi connectivity index (χ2v) is 6.45. The van der Waals surface area contributed by atoms with Gasteiger partial charge in [0.1, 0.15) is 0 Å². The molecule has 0 bridgehead atoms. The predicted molar refractivity (Wildman–Crippen MR) is 102 cm³/mol.